The van der Waals surface area contributed by atoms with Gasteiger partial charge in [0.1, 0.15) is 48.2 Å². The quantitative estimate of drug-likeness (QED) is 0.149. The number of nitrogens with one attached hydrogen (secondary N) is 3. The molecule has 316 valence electrons. The number of anilines is 1. The first-order valence-electron chi connectivity index (χ1n) is 19.1. The van der Waals surface area contributed by atoms with Crippen LogP contribution in [0, 0.1) is 17.6 Å². The molecule has 0 bridgehead atoms. The van der Waals surface area contributed by atoms with Crippen LogP contribution in [0.3, 0.4) is 0 Å². The topological polar surface area (TPSA) is 189 Å². The van der Waals surface area contributed by atoms with Crippen molar-refractivity contribution in [2.75, 3.05) is 40.9 Å². The minimum absolute atomic E-state index is 0.0275. The molecule has 2 heterocycles. The van der Waals surface area contributed by atoms with E-state index < -0.39 is 59.8 Å². The van der Waals surface area contributed by atoms with Gasteiger partial charge in [-0.15, -0.1) is 0 Å². The summed E-state index contributed by atoms with van der Waals surface area (Å²) in [5.41, 5.74) is 8.53. The maximum atomic E-state index is 15.6. The van der Waals surface area contributed by atoms with Gasteiger partial charge in [-0.05, 0) is 76.9 Å². The molecular formula is C44H46F2N4O10. The second-order valence-electron chi connectivity index (χ2n) is 14.7. The van der Waals surface area contributed by atoms with Crippen molar-refractivity contribution in [1.82, 2.24) is 10.6 Å². The van der Waals surface area contributed by atoms with Crippen molar-refractivity contribution in [3.05, 3.63) is 147 Å². The van der Waals surface area contributed by atoms with Crippen molar-refractivity contribution in [2.24, 2.45) is 11.7 Å². The molecule has 3 amide bonds. The Hall–Kier alpha value is -6.07. The van der Waals surface area contributed by atoms with E-state index in [0.717, 1.165) is 0 Å². The molecule has 4 aliphatic rings. The van der Waals surface area contributed by atoms with Crippen LogP contribution in [-0.2, 0) is 44.6 Å². The normalized spacial score (nSPS) is 24.2. The van der Waals surface area contributed by atoms with E-state index in [1.54, 1.807) is 36.4 Å². The second-order valence-corrected chi connectivity index (χ2v) is 14.7. The first-order chi connectivity index (χ1) is 28.9. The third-order valence-corrected chi connectivity index (χ3v) is 11.2. The molecule has 2 aliphatic carbocycles. The number of benzene rings is 3. The maximum absolute atomic E-state index is 15.6. The van der Waals surface area contributed by atoms with Crippen LogP contribution in [0.2, 0.25) is 0 Å². The third kappa shape index (κ3) is 8.10. The monoisotopic (exact) mass is 828 g/mol. The molecule has 14 nitrogen and oxygen atoms in total. The number of rotatable bonds is 13. The lowest BCUT2D eigenvalue weighted by molar-refractivity contribution is -0.124. The van der Waals surface area contributed by atoms with E-state index in [2.05, 4.69) is 16.0 Å². The highest BCUT2D eigenvalue weighted by Crippen LogP contribution is 2.46. The summed E-state index contributed by atoms with van der Waals surface area (Å²) in [4.78, 5) is 39.5. The number of methoxy groups -OCH3 is 5. The van der Waals surface area contributed by atoms with Crippen molar-refractivity contribution in [3.8, 4) is 0 Å². The van der Waals surface area contributed by atoms with E-state index in [4.69, 9.17) is 34.2 Å². The van der Waals surface area contributed by atoms with E-state index in [9.17, 15) is 19.5 Å². The molecule has 3 aromatic rings. The highest BCUT2D eigenvalue weighted by atomic mass is 19.1. The summed E-state index contributed by atoms with van der Waals surface area (Å²) < 4.78 is 65.8. The number of aliphatic hydroxyl groups excluding tert-OH is 1. The first-order valence-corrected chi connectivity index (χ1v) is 19.1. The van der Waals surface area contributed by atoms with Gasteiger partial charge in [-0.3, -0.25) is 14.4 Å². The molecule has 2 fully saturated rings. The highest BCUT2D eigenvalue weighted by Gasteiger charge is 2.46. The summed E-state index contributed by atoms with van der Waals surface area (Å²) in [6.45, 7) is -0.0275. The van der Waals surface area contributed by atoms with Crippen LogP contribution < -0.4 is 21.7 Å². The molecule has 6 N–H and O–H groups in total. The van der Waals surface area contributed by atoms with Crippen molar-refractivity contribution in [1.29, 1.82) is 0 Å². The Balaban J connectivity index is 1.10. The fraction of sp³-hybridized carbons (Fsp3) is 0.341. The zero-order valence-corrected chi connectivity index (χ0v) is 33.5. The van der Waals surface area contributed by atoms with Crippen LogP contribution in [0.4, 0.5) is 14.5 Å². The summed E-state index contributed by atoms with van der Waals surface area (Å²) in [6, 6.07) is 14.2. The number of carbonyl (C=O) groups is 3. The van der Waals surface area contributed by atoms with Gasteiger partial charge in [-0.25, -0.2) is 8.78 Å². The molecular weight excluding hydrogens is 782 g/mol. The Morgan fingerprint density at radius 2 is 1.63 bits per heavy atom. The average Bonchev–Trinajstić information content (AvgIpc) is 3.24. The van der Waals surface area contributed by atoms with Gasteiger partial charge in [-0.2, -0.15) is 0 Å². The van der Waals surface area contributed by atoms with Gasteiger partial charge in [0.05, 0.1) is 33.3 Å². The molecule has 2 saturated heterocycles. The first kappa shape index (κ1) is 42.1. The van der Waals surface area contributed by atoms with Gasteiger partial charge in [0.15, 0.2) is 11.5 Å². The Kier molecular flexibility index (Phi) is 12.4. The summed E-state index contributed by atoms with van der Waals surface area (Å²) in [6.07, 6.45) is 0.715. The molecule has 60 heavy (non-hydrogen) atoms. The molecule has 0 aromatic heterocycles. The van der Waals surface area contributed by atoms with Gasteiger partial charge in [0.2, 0.25) is 11.8 Å². The number of nitrogens with two attached hydrogens (primary N) is 1. The number of piperidine rings is 2. The van der Waals surface area contributed by atoms with E-state index in [0.29, 0.717) is 39.6 Å². The predicted molar refractivity (Wildman–Crippen MR) is 212 cm³/mol. The maximum Gasteiger partial charge on any atom is 0.255 e. The minimum Gasteiger partial charge on any atom is -0.498 e. The molecule has 7 unspecified atom stereocenters. The van der Waals surface area contributed by atoms with E-state index in [1.807, 2.05) is 0 Å². The Labute approximate surface area is 345 Å². The Morgan fingerprint density at radius 1 is 0.883 bits per heavy atom. The molecule has 0 spiro atoms. The molecule has 16 heteroatoms. The van der Waals surface area contributed by atoms with Gasteiger partial charge < -0.3 is 55.2 Å². The zero-order valence-electron chi connectivity index (χ0n) is 33.5. The number of allylic oxidation sites excluding steroid dienone is 1. The Morgan fingerprint density at radius 3 is 2.33 bits per heavy atom. The summed E-state index contributed by atoms with van der Waals surface area (Å²) >= 11 is 0. The van der Waals surface area contributed by atoms with Crippen LogP contribution >= 0.6 is 0 Å². The number of amides is 3. The number of aliphatic hydroxyl groups is 1. The average molecular weight is 829 g/mol. The number of fused-ring (bicyclic) bond motifs is 2. The molecule has 7 rings (SSSR count). The third-order valence-electron chi connectivity index (χ3n) is 11.2. The van der Waals surface area contributed by atoms with Crippen LogP contribution in [0.1, 0.15) is 63.5 Å². The lowest BCUT2D eigenvalue weighted by atomic mass is 9.72. The predicted octanol–water partition coefficient (Wildman–Crippen LogP) is 4.81. The van der Waals surface area contributed by atoms with Crippen LogP contribution in [0.25, 0.3) is 0 Å². The van der Waals surface area contributed by atoms with Crippen molar-refractivity contribution in [3.63, 3.8) is 0 Å². The van der Waals surface area contributed by atoms with Crippen LogP contribution in [-0.4, -0.2) is 76.6 Å². The lowest BCUT2D eigenvalue weighted by Crippen LogP contribution is -2.50. The number of hydrogen-bond donors (Lipinski definition) is 5. The van der Waals surface area contributed by atoms with E-state index in [-0.39, 0.29) is 59.5 Å². The largest absolute Gasteiger partial charge is 0.498 e. The molecule has 7 atom stereocenters. The summed E-state index contributed by atoms with van der Waals surface area (Å²) in [7, 11) is 7.37. The summed E-state index contributed by atoms with van der Waals surface area (Å²) in [5, 5.41) is 18.6. The standard InChI is InChI=1S/C44H46F2N4O10/c1-55-33-18-31-38(41(58-4)39(33)56-2)28(17-36(52)49-31)26-15-24(10-12-30(26)46)48-44(54)23-8-6-7-21(13-23)20-60-34-19-32-37(42(59-5)40(34)57-3)27(16-35(51)50-32)25-14-22(43(47)53)9-11-29(25)45/h6-15,18-19,27-28,32-33,37,39,43,53H,16-17,20,47H2,1-5H3,(H,48,54)(H,49,52)(H,50,51). The van der Waals surface area contributed by atoms with Crippen LogP contribution in [0.15, 0.2) is 107 Å². The zero-order chi connectivity index (χ0) is 42.8. The fourth-order valence-corrected chi connectivity index (χ4v) is 8.51. The number of hydrogen-bond acceptors (Lipinski definition) is 11. The molecule has 0 saturated carbocycles. The second kappa shape index (κ2) is 17.6. The van der Waals surface area contributed by atoms with Gasteiger partial charge in [0, 0.05) is 61.4 Å². The van der Waals surface area contributed by atoms with Crippen molar-refractivity contribution >= 4 is 23.4 Å². The van der Waals surface area contributed by atoms with Crippen LogP contribution in [0.5, 0.6) is 0 Å². The molecule has 3 aromatic carbocycles. The van der Waals surface area contributed by atoms with E-state index in [1.165, 1.54) is 71.9 Å². The number of ether oxygens (including phenoxy) is 6. The Bertz CT molecular complexity index is 2320. The molecule has 2 aliphatic heterocycles. The van der Waals surface area contributed by atoms with Gasteiger partial charge in [0.25, 0.3) is 5.91 Å². The van der Waals surface area contributed by atoms with Gasteiger partial charge in [-0.1, -0.05) is 18.2 Å². The lowest BCUT2D eigenvalue weighted by Gasteiger charge is -2.41. The summed E-state index contributed by atoms with van der Waals surface area (Å²) in [5.74, 6) is -3.08. The van der Waals surface area contributed by atoms with Crippen molar-refractivity contribution < 1.29 is 56.7 Å². The molecule has 0 radical (unpaired) electrons. The fourth-order valence-electron chi connectivity index (χ4n) is 8.51. The van der Waals surface area contributed by atoms with E-state index >= 15 is 8.78 Å². The minimum atomic E-state index is -1.34. The number of carbonyl (C=O) groups excluding carboxylic acids is 3. The smallest absolute Gasteiger partial charge is 0.255 e. The SMILES string of the molecule is COC1=C(OC)C2C(C=C1OCc1cccc(C(=O)Nc3ccc(F)c(C4CC(=O)NC5=CC(OC)C(OC)C(OC)=C54)c3)c1)NC(=O)CC2c1cc(C(N)O)ccc1F. The highest BCUT2D eigenvalue weighted by molar-refractivity contribution is 6.04. The number of halogens is 2. The van der Waals surface area contributed by atoms with Gasteiger partial charge >= 0.3 is 0 Å². The van der Waals surface area contributed by atoms with Crippen molar-refractivity contribution in [2.45, 2.75) is 55.8 Å².